The molecule has 1 fully saturated rings. The predicted octanol–water partition coefficient (Wildman–Crippen LogP) is 2.09. The van der Waals surface area contributed by atoms with Gasteiger partial charge in [0, 0.05) is 5.75 Å². The monoisotopic (exact) mass is 262 g/mol. The van der Waals surface area contributed by atoms with E-state index < -0.39 is 21.2 Å². The van der Waals surface area contributed by atoms with Gasteiger partial charge in [0.05, 0.1) is 11.2 Å². The molecule has 100 valence electrons. The van der Waals surface area contributed by atoms with Crippen molar-refractivity contribution in [3.8, 4) is 0 Å². The Hall–Kier alpha value is -0.580. The molecule has 0 bridgehead atoms. The van der Waals surface area contributed by atoms with Gasteiger partial charge >= 0.3 is 5.97 Å². The summed E-state index contributed by atoms with van der Waals surface area (Å²) >= 11 is 0. The summed E-state index contributed by atoms with van der Waals surface area (Å²) in [4.78, 5) is 11.4. The molecular weight excluding hydrogens is 240 g/mol. The van der Waals surface area contributed by atoms with E-state index in [4.69, 9.17) is 0 Å². The van der Waals surface area contributed by atoms with Crippen molar-refractivity contribution >= 4 is 15.8 Å². The number of carboxylic acid groups (broad SMARTS) is 1. The minimum atomic E-state index is -3.07. The highest BCUT2D eigenvalue weighted by Gasteiger charge is 2.41. The van der Waals surface area contributed by atoms with Crippen molar-refractivity contribution in [1.82, 2.24) is 0 Å². The van der Waals surface area contributed by atoms with Crippen molar-refractivity contribution in [3.63, 3.8) is 0 Å². The van der Waals surface area contributed by atoms with E-state index in [1.165, 1.54) is 0 Å². The van der Waals surface area contributed by atoms with Crippen LogP contribution < -0.4 is 0 Å². The van der Waals surface area contributed by atoms with Gasteiger partial charge in [-0.1, -0.05) is 13.8 Å². The maximum atomic E-state index is 11.5. The molecule has 1 aliphatic carbocycles. The molecule has 0 atom stereocenters. The van der Waals surface area contributed by atoms with E-state index in [2.05, 4.69) is 6.92 Å². The smallest absolute Gasteiger partial charge is 0.309 e. The first kappa shape index (κ1) is 14.5. The van der Waals surface area contributed by atoms with E-state index >= 15 is 0 Å². The lowest BCUT2D eigenvalue weighted by Crippen LogP contribution is -2.37. The average Bonchev–Trinajstić information content (AvgIpc) is 2.28. The molecule has 1 rings (SSSR count). The summed E-state index contributed by atoms with van der Waals surface area (Å²) in [5, 5.41) is 9.35. The zero-order valence-electron chi connectivity index (χ0n) is 10.6. The Morgan fingerprint density at radius 3 is 2.29 bits per heavy atom. The number of carboxylic acids is 1. The second kappa shape index (κ2) is 5.38. The van der Waals surface area contributed by atoms with E-state index in [1.807, 2.05) is 0 Å². The molecular formula is C12H22O4S. The molecule has 17 heavy (non-hydrogen) atoms. The second-order valence-electron chi connectivity index (χ2n) is 5.25. The van der Waals surface area contributed by atoms with Crippen molar-refractivity contribution in [2.24, 2.45) is 11.3 Å². The summed E-state index contributed by atoms with van der Waals surface area (Å²) in [7, 11) is -3.07. The molecule has 0 radical (unpaired) electrons. The summed E-state index contributed by atoms with van der Waals surface area (Å²) in [6.07, 6.45) is 3.27. The number of hydrogen-bond acceptors (Lipinski definition) is 3. The normalized spacial score (nSPS) is 30.1. The lowest BCUT2D eigenvalue weighted by Gasteiger charge is -2.35. The molecule has 0 spiro atoms. The van der Waals surface area contributed by atoms with Crippen LogP contribution in [0.2, 0.25) is 0 Å². The van der Waals surface area contributed by atoms with Crippen LogP contribution in [0.15, 0.2) is 0 Å². The third kappa shape index (κ3) is 3.69. The van der Waals surface area contributed by atoms with Gasteiger partial charge < -0.3 is 5.11 Å². The predicted molar refractivity (Wildman–Crippen MR) is 66.6 cm³/mol. The molecule has 0 unspecified atom stereocenters. The fourth-order valence-electron chi connectivity index (χ4n) is 2.38. The number of aliphatic carboxylic acids is 1. The molecule has 0 aromatic heterocycles. The van der Waals surface area contributed by atoms with E-state index in [9.17, 15) is 18.3 Å². The largest absolute Gasteiger partial charge is 0.481 e. The van der Waals surface area contributed by atoms with Gasteiger partial charge in [0.2, 0.25) is 0 Å². The first-order valence-electron chi connectivity index (χ1n) is 6.25. The molecule has 5 heteroatoms. The summed E-state index contributed by atoms with van der Waals surface area (Å²) in [6, 6.07) is 0. The molecule has 0 aromatic carbocycles. The zero-order chi connectivity index (χ0) is 13.1. The first-order valence-corrected chi connectivity index (χ1v) is 8.07. The minimum absolute atomic E-state index is 0.00415. The van der Waals surface area contributed by atoms with Crippen LogP contribution in [0.3, 0.4) is 0 Å². The molecule has 0 aliphatic heterocycles. The number of sulfone groups is 1. The van der Waals surface area contributed by atoms with E-state index in [0.717, 1.165) is 12.8 Å². The number of rotatable bonds is 5. The molecule has 1 saturated carbocycles. The van der Waals surface area contributed by atoms with Crippen molar-refractivity contribution in [3.05, 3.63) is 0 Å². The summed E-state index contributed by atoms with van der Waals surface area (Å²) in [5.74, 6) is -0.163. The number of hydrogen-bond donors (Lipinski definition) is 1. The highest BCUT2D eigenvalue weighted by Crippen LogP contribution is 2.42. The SMILES string of the molecule is CCS(=O)(=O)CCC1(C(=O)O)CCC(C)CC1. The first-order chi connectivity index (χ1) is 7.81. The molecule has 0 heterocycles. The lowest BCUT2D eigenvalue weighted by atomic mass is 9.69. The molecule has 0 amide bonds. The molecule has 4 nitrogen and oxygen atoms in total. The van der Waals surface area contributed by atoms with Crippen LogP contribution in [0.1, 0.15) is 46.0 Å². The van der Waals surface area contributed by atoms with Crippen molar-refractivity contribution in [1.29, 1.82) is 0 Å². The van der Waals surface area contributed by atoms with Crippen LogP contribution in [-0.2, 0) is 14.6 Å². The molecule has 1 N–H and O–H groups in total. The van der Waals surface area contributed by atoms with E-state index in [0.29, 0.717) is 18.8 Å². The summed E-state index contributed by atoms with van der Waals surface area (Å²) in [6.45, 7) is 3.72. The van der Waals surface area contributed by atoms with Gasteiger partial charge in [-0.3, -0.25) is 4.79 Å². The van der Waals surface area contributed by atoms with Crippen molar-refractivity contribution in [2.75, 3.05) is 11.5 Å². The summed E-state index contributed by atoms with van der Waals surface area (Å²) < 4.78 is 23.0. The Kier molecular flexibility index (Phi) is 4.58. The highest BCUT2D eigenvalue weighted by atomic mass is 32.2. The third-order valence-electron chi connectivity index (χ3n) is 4.02. The van der Waals surface area contributed by atoms with E-state index in [1.54, 1.807) is 6.92 Å². The molecule has 1 aliphatic rings. The Morgan fingerprint density at radius 2 is 1.88 bits per heavy atom. The Bertz CT molecular complexity index is 364. The van der Waals surface area contributed by atoms with Gasteiger partial charge in [0.25, 0.3) is 0 Å². The van der Waals surface area contributed by atoms with Gasteiger partial charge in [-0.25, -0.2) is 8.42 Å². The van der Waals surface area contributed by atoms with Gasteiger partial charge in [-0.05, 0) is 38.0 Å². The molecule has 0 aromatic rings. The third-order valence-corrected chi connectivity index (χ3v) is 5.72. The zero-order valence-corrected chi connectivity index (χ0v) is 11.4. The maximum absolute atomic E-state index is 11.5. The van der Waals surface area contributed by atoms with Gasteiger partial charge in [0.1, 0.15) is 9.84 Å². The summed E-state index contributed by atoms with van der Waals surface area (Å²) in [5.41, 5.74) is -0.797. The van der Waals surface area contributed by atoms with Crippen molar-refractivity contribution < 1.29 is 18.3 Å². The topological polar surface area (TPSA) is 71.4 Å². The minimum Gasteiger partial charge on any atom is -0.481 e. The quantitative estimate of drug-likeness (QED) is 0.823. The fourth-order valence-corrected chi connectivity index (χ4v) is 3.37. The van der Waals surface area contributed by atoms with Crippen LogP contribution in [0.4, 0.5) is 0 Å². The lowest BCUT2D eigenvalue weighted by molar-refractivity contribution is -0.151. The van der Waals surface area contributed by atoms with Crippen LogP contribution in [0, 0.1) is 11.3 Å². The Balaban J connectivity index is 2.71. The van der Waals surface area contributed by atoms with E-state index in [-0.39, 0.29) is 17.9 Å². The van der Waals surface area contributed by atoms with Gasteiger partial charge in [-0.2, -0.15) is 0 Å². The van der Waals surface area contributed by atoms with Crippen LogP contribution in [0.5, 0.6) is 0 Å². The molecule has 0 saturated heterocycles. The van der Waals surface area contributed by atoms with Crippen LogP contribution in [-0.4, -0.2) is 31.0 Å². The van der Waals surface area contributed by atoms with Crippen LogP contribution in [0.25, 0.3) is 0 Å². The Labute approximate surface area is 103 Å². The highest BCUT2D eigenvalue weighted by molar-refractivity contribution is 7.91. The average molecular weight is 262 g/mol. The van der Waals surface area contributed by atoms with Gasteiger partial charge in [0.15, 0.2) is 0 Å². The standard InChI is InChI=1S/C12H22O4S/c1-3-17(15,16)9-8-12(11(13)14)6-4-10(2)5-7-12/h10H,3-9H2,1-2H3,(H,13,14). The second-order valence-corrected chi connectivity index (χ2v) is 7.73. The van der Waals surface area contributed by atoms with Crippen molar-refractivity contribution in [2.45, 2.75) is 46.0 Å². The Morgan fingerprint density at radius 1 is 1.35 bits per heavy atom. The van der Waals surface area contributed by atoms with Gasteiger partial charge in [-0.15, -0.1) is 0 Å². The maximum Gasteiger partial charge on any atom is 0.309 e. The number of carbonyl (C=O) groups is 1. The fraction of sp³-hybridized carbons (Fsp3) is 0.917. The van der Waals surface area contributed by atoms with Crippen LogP contribution >= 0.6 is 0 Å².